The average molecular weight is 272 g/mol. The van der Waals surface area contributed by atoms with Crippen molar-refractivity contribution in [2.45, 2.75) is 13.8 Å². The van der Waals surface area contributed by atoms with Crippen molar-refractivity contribution in [1.29, 1.82) is 0 Å². The number of hydrogen-bond donors (Lipinski definition) is 1. The van der Waals surface area contributed by atoms with Gasteiger partial charge in [-0.25, -0.2) is 0 Å². The molecular weight excluding hydrogens is 256 g/mol. The number of amides is 1. The largest absolute Gasteiger partial charge is 0.328 e. The second-order valence-electron chi connectivity index (χ2n) is 4.48. The summed E-state index contributed by atoms with van der Waals surface area (Å²) in [4.78, 5) is 13.7. The Hall–Kier alpha value is -1.94. The minimum atomic E-state index is -0.106. The van der Waals surface area contributed by atoms with Crippen LogP contribution in [0.5, 0.6) is 0 Å². The van der Waals surface area contributed by atoms with Crippen LogP contribution in [0.15, 0.2) is 36.6 Å². The quantitative estimate of drug-likeness (QED) is 0.521. The normalized spacial score (nSPS) is 16.9. The molecule has 1 fully saturated rings. The summed E-state index contributed by atoms with van der Waals surface area (Å²) < 4.78 is 0. The van der Waals surface area contributed by atoms with Crippen molar-refractivity contribution in [2.24, 2.45) is 0 Å². The fraction of sp³-hybridized carbons (Fsp3) is 0.200. The van der Waals surface area contributed by atoms with E-state index >= 15 is 0 Å². The van der Waals surface area contributed by atoms with Crippen LogP contribution in [-0.2, 0) is 4.79 Å². The molecule has 0 unspecified atom stereocenters. The summed E-state index contributed by atoms with van der Waals surface area (Å²) in [7, 11) is 0. The van der Waals surface area contributed by atoms with Crippen LogP contribution in [0.1, 0.15) is 16.7 Å². The summed E-state index contributed by atoms with van der Waals surface area (Å²) in [5, 5.41) is 3.39. The molecule has 1 heterocycles. The number of aryl methyl sites for hydroxylation is 1. The van der Waals surface area contributed by atoms with E-state index in [-0.39, 0.29) is 5.91 Å². The molecule has 0 bridgehead atoms. The number of carbonyl (C=O) groups is 1. The summed E-state index contributed by atoms with van der Waals surface area (Å²) in [5.74, 6) is -0.106. The summed E-state index contributed by atoms with van der Waals surface area (Å²) in [6.07, 6.45) is 3.51. The molecule has 0 spiro atoms. The molecule has 0 atom stereocenters. The van der Waals surface area contributed by atoms with Gasteiger partial charge in [0.1, 0.15) is 5.70 Å². The van der Waals surface area contributed by atoms with Crippen LogP contribution in [0.4, 0.5) is 0 Å². The van der Waals surface area contributed by atoms with E-state index in [1.54, 1.807) is 6.08 Å². The molecule has 98 valence electrons. The van der Waals surface area contributed by atoms with E-state index in [2.05, 4.69) is 24.9 Å². The topological polar surface area (TPSA) is 32.3 Å². The van der Waals surface area contributed by atoms with E-state index in [0.717, 1.165) is 11.1 Å². The molecule has 19 heavy (non-hydrogen) atoms. The zero-order chi connectivity index (χ0) is 14.0. The third-order valence-corrected chi connectivity index (χ3v) is 3.54. The third kappa shape index (κ3) is 2.58. The molecule has 0 radical (unpaired) electrons. The molecule has 0 aliphatic carbocycles. The van der Waals surface area contributed by atoms with Crippen molar-refractivity contribution in [2.75, 3.05) is 6.54 Å². The summed E-state index contributed by atoms with van der Waals surface area (Å²) >= 11 is 5.14. The lowest BCUT2D eigenvalue weighted by atomic mass is 10.0. The van der Waals surface area contributed by atoms with Gasteiger partial charge < -0.3 is 5.32 Å². The van der Waals surface area contributed by atoms with Crippen molar-refractivity contribution in [3.8, 4) is 0 Å². The van der Waals surface area contributed by atoms with Gasteiger partial charge in [0, 0.05) is 6.54 Å². The van der Waals surface area contributed by atoms with Gasteiger partial charge in [-0.15, -0.1) is 6.58 Å². The first kappa shape index (κ1) is 13.5. The zero-order valence-electron chi connectivity index (χ0n) is 11.1. The first-order valence-corrected chi connectivity index (χ1v) is 6.47. The van der Waals surface area contributed by atoms with Gasteiger partial charge in [0.25, 0.3) is 5.91 Å². The van der Waals surface area contributed by atoms with Gasteiger partial charge >= 0.3 is 0 Å². The lowest BCUT2D eigenvalue weighted by molar-refractivity contribution is -0.122. The van der Waals surface area contributed by atoms with Gasteiger partial charge in [-0.2, -0.15) is 0 Å². The molecule has 0 aromatic heterocycles. The molecule has 1 aromatic rings. The lowest BCUT2D eigenvalue weighted by Gasteiger charge is -2.09. The predicted octanol–water partition coefficient (Wildman–Crippen LogP) is 2.55. The third-order valence-electron chi connectivity index (χ3n) is 3.22. The maximum Gasteiger partial charge on any atom is 0.276 e. The monoisotopic (exact) mass is 272 g/mol. The van der Waals surface area contributed by atoms with Gasteiger partial charge in [-0.1, -0.05) is 24.3 Å². The Morgan fingerprint density at radius 3 is 2.84 bits per heavy atom. The fourth-order valence-corrected chi connectivity index (χ4v) is 2.22. The highest BCUT2D eigenvalue weighted by molar-refractivity contribution is 7.80. The molecule has 1 amide bonds. The van der Waals surface area contributed by atoms with Crippen LogP contribution >= 0.6 is 12.2 Å². The number of benzene rings is 1. The van der Waals surface area contributed by atoms with Crippen LogP contribution in [0.25, 0.3) is 6.08 Å². The molecule has 1 aromatic carbocycles. The fourth-order valence-electron chi connectivity index (χ4n) is 1.95. The average Bonchev–Trinajstić information content (AvgIpc) is 2.63. The maximum absolute atomic E-state index is 12.2. The summed E-state index contributed by atoms with van der Waals surface area (Å²) in [6.45, 7) is 8.15. The highest BCUT2D eigenvalue weighted by Crippen LogP contribution is 2.18. The van der Waals surface area contributed by atoms with Crippen LogP contribution in [0.2, 0.25) is 0 Å². The first-order chi connectivity index (χ1) is 9.04. The van der Waals surface area contributed by atoms with Gasteiger partial charge in [0.05, 0.1) is 0 Å². The number of thiocarbonyl (C=S) groups is 1. The van der Waals surface area contributed by atoms with E-state index in [1.165, 1.54) is 10.5 Å². The van der Waals surface area contributed by atoms with E-state index in [1.807, 2.05) is 25.1 Å². The number of rotatable bonds is 3. The van der Waals surface area contributed by atoms with Gasteiger partial charge in [-0.3, -0.25) is 9.69 Å². The number of carbonyl (C=O) groups excluding carboxylic acids is 1. The smallest absolute Gasteiger partial charge is 0.276 e. The van der Waals surface area contributed by atoms with Crippen LogP contribution in [0, 0.1) is 13.8 Å². The van der Waals surface area contributed by atoms with Crippen molar-refractivity contribution >= 4 is 29.3 Å². The molecule has 1 saturated heterocycles. The Morgan fingerprint density at radius 2 is 2.16 bits per heavy atom. The Bertz CT molecular complexity index is 590. The lowest BCUT2D eigenvalue weighted by Crippen LogP contribution is -2.30. The SMILES string of the molecule is C=CCN1C(=O)C(=Cc2cccc(C)c2C)NC1=S. The van der Waals surface area contributed by atoms with Crippen LogP contribution < -0.4 is 5.32 Å². The van der Waals surface area contributed by atoms with Crippen LogP contribution in [0.3, 0.4) is 0 Å². The van der Waals surface area contributed by atoms with Crippen LogP contribution in [-0.4, -0.2) is 22.5 Å². The van der Waals surface area contributed by atoms with E-state index in [0.29, 0.717) is 17.4 Å². The predicted molar refractivity (Wildman–Crippen MR) is 81.5 cm³/mol. The minimum Gasteiger partial charge on any atom is -0.328 e. The van der Waals surface area contributed by atoms with E-state index in [9.17, 15) is 4.79 Å². The van der Waals surface area contributed by atoms with Gasteiger partial charge in [0.15, 0.2) is 5.11 Å². The van der Waals surface area contributed by atoms with Crippen molar-refractivity contribution in [3.63, 3.8) is 0 Å². The Morgan fingerprint density at radius 1 is 1.42 bits per heavy atom. The van der Waals surface area contributed by atoms with Crippen molar-refractivity contribution in [1.82, 2.24) is 10.2 Å². The Labute approximate surface area is 118 Å². The summed E-state index contributed by atoms with van der Waals surface area (Å²) in [6, 6.07) is 6.02. The molecule has 0 saturated carbocycles. The maximum atomic E-state index is 12.2. The molecule has 1 aliphatic rings. The summed E-state index contributed by atoms with van der Waals surface area (Å²) in [5.41, 5.74) is 3.91. The van der Waals surface area contributed by atoms with Crippen molar-refractivity contribution in [3.05, 3.63) is 53.2 Å². The standard InChI is InChI=1S/C15H16N2OS/c1-4-8-17-14(18)13(16-15(17)19)9-12-7-5-6-10(2)11(12)3/h4-7,9H,1,8H2,2-3H3,(H,16,19). The van der Waals surface area contributed by atoms with Gasteiger partial charge in [0.2, 0.25) is 0 Å². The highest BCUT2D eigenvalue weighted by atomic mass is 32.1. The molecule has 3 nitrogen and oxygen atoms in total. The number of nitrogens with zero attached hydrogens (tertiary/aromatic N) is 1. The van der Waals surface area contributed by atoms with E-state index < -0.39 is 0 Å². The molecule has 1 N–H and O–H groups in total. The molecule has 4 heteroatoms. The number of hydrogen-bond acceptors (Lipinski definition) is 2. The molecular formula is C15H16N2OS. The Kier molecular flexibility index (Phi) is 3.81. The molecule has 1 aliphatic heterocycles. The number of nitrogens with one attached hydrogen (secondary N) is 1. The minimum absolute atomic E-state index is 0.106. The molecule has 2 rings (SSSR count). The van der Waals surface area contributed by atoms with E-state index in [4.69, 9.17) is 12.2 Å². The van der Waals surface area contributed by atoms with Gasteiger partial charge in [-0.05, 0) is 48.8 Å². The second kappa shape index (κ2) is 5.36. The zero-order valence-corrected chi connectivity index (χ0v) is 11.9. The highest BCUT2D eigenvalue weighted by Gasteiger charge is 2.29. The van der Waals surface area contributed by atoms with Crippen molar-refractivity contribution < 1.29 is 4.79 Å². The first-order valence-electron chi connectivity index (χ1n) is 6.06. The Balaban J connectivity index is 2.35. The second-order valence-corrected chi connectivity index (χ2v) is 4.87.